The fraction of sp³-hybridized carbons (Fsp3) is 0. The Bertz CT molecular complexity index is 878. The summed E-state index contributed by atoms with van der Waals surface area (Å²) in [6, 6.07) is 13.5. The lowest BCUT2D eigenvalue weighted by Gasteiger charge is -2.07. The SMILES string of the molecule is O=C(NNC(=O)c1ccc2ccccc2n1)c1cc[n+]([O-])cc1. The lowest BCUT2D eigenvalue weighted by atomic mass is 10.2. The molecule has 3 rings (SSSR count). The van der Waals surface area contributed by atoms with Crippen molar-refractivity contribution >= 4 is 22.7 Å². The molecular weight excluding hydrogens is 296 g/mol. The number of carbonyl (C=O) groups excluding carboxylic acids is 2. The summed E-state index contributed by atoms with van der Waals surface area (Å²) < 4.78 is 0.564. The molecule has 0 aliphatic carbocycles. The van der Waals surface area contributed by atoms with Gasteiger partial charge in [-0.15, -0.1) is 0 Å². The van der Waals surface area contributed by atoms with Crippen molar-refractivity contribution in [2.75, 3.05) is 0 Å². The Hall–Kier alpha value is -3.48. The van der Waals surface area contributed by atoms with Gasteiger partial charge in [0.25, 0.3) is 11.8 Å². The Labute approximate surface area is 131 Å². The molecule has 1 aromatic carbocycles. The molecule has 0 fully saturated rings. The van der Waals surface area contributed by atoms with Crippen molar-refractivity contribution in [3.05, 3.63) is 77.4 Å². The van der Waals surface area contributed by atoms with Gasteiger partial charge in [-0.25, -0.2) is 4.98 Å². The molecule has 0 atom stereocenters. The number of nitrogens with zero attached hydrogens (tertiary/aromatic N) is 2. The molecule has 0 saturated heterocycles. The number of aromatic nitrogens is 2. The monoisotopic (exact) mass is 308 g/mol. The van der Waals surface area contributed by atoms with E-state index in [2.05, 4.69) is 15.8 Å². The fourth-order valence-corrected chi connectivity index (χ4v) is 2.01. The van der Waals surface area contributed by atoms with Crippen LogP contribution in [0.5, 0.6) is 0 Å². The molecule has 0 bridgehead atoms. The average Bonchev–Trinajstić information content (AvgIpc) is 2.59. The minimum Gasteiger partial charge on any atom is -0.619 e. The number of pyridine rings is 2. The van der Waals surface area contributed by atoms with Crippen LogP contribution in [0.3, 0.4) is 0 Å². The standard InChI is InChI=1S/C16H12N4O3/c21-15(12-7-9-20(23)10-8-12)18-19-16(22)14-6-5-11-3-1-2-4-13(11)17-14/h1-10H,(H,18,21)(H,19,22). The van der Waals surface area contributed by atoms with E-state index in [1.165, 1.54) is 24.5 Å². The first-order valence-corrected chi connectivity index (χ1v) is 6.79. The first kappa shape index (κ1) is 14.5. The van der Waals surface area contributed by atoms with E-state index in [9.17, 15) is 14.8 Å². The molecule has 0 unspecified atom stereocenters. The first-order chi connectivity index (χ1) is 11.1. The van der Waals surface area contributed by atoms with Gasteiger partial charge in [0.15, 0.2) is 12.4 Å². The largest absolute Gasteiger partial charge is 0.619 e. The van der Waals surface area contributed by atoms with Crippen LogP contribution in [0.1, 0.15) is 20.8 Å². The molecule has 7 heteroatoms. The van der Waals surface area contributed by atoms with Crippen LogP contribution >= 0.6 is 0 Å². The second-order valence-electron chi connectivity index (χ2n) is 4.74. The molecule has 0 spiro atoms. The smallest absolute Gasteiger partial charge is 0.288 e. The number of nitrogens with one attached hydrogen (secondary N) is 2. The second-order valence-corrected chi connectivity index (χ2v) is 4.74. The number of para-hydroxylation sites is 1. The molecule has 2 amide bonds. The predicted octanol–water partition coefficient (Wildman–Crippen LogP) is 0.943. The summed E-state index contributed by atoms with van der Waals surface area (Å²) in [5, 5.41) is 11.8. The fourth-order valence-electron chi connectivity index (χ4n) is 2.01. The summed E-state index contributed by atoms with van der Waals surface area (Å²) >= 11 is 0. The Morgan fingerprint density at radius 3 is 2.39 bits per heavy atom. The molecule has 114 valence electrons. The molecule has 2 aromatic heterocycles. The molecule has 0 aliphatic heterocycles. The van der Waals surface area contributed by atoms with Crippen LogP contribution in [0.2, 0.25) is 0 Å². The summed E-state index contributed by atoms with van der Waals surface area (Å²) in [5.41, 5.74) is 5.70. The molecule has 2 N–H and O–H groups in total. The van der Waals surface area contributed by atoms with Gasteiger partial charge in [0, 0.05) is 17.5 Å². The molecule has 0 radical (unpaired) electrons. The third kappa shape index (κ3) is 3.24. The zero-order chi connectivity index (χ0) is 16.2. The third-order valence-corrected chi connectivity index (χ3v) is 3.18. The summed E-state index contributed by atoms with van der Waals surface area (Å²) in [7, 11) is 0. The summed E-state index contributed by atoms with van der Waals surface area (Å²) in [6.45, 7) is 0. The number of amides is 2. The summed E-state index contributed by atoms with van der Waals surface area (Å²) in [4.78, 5) is 28.1. The van der Waals surface area contributed by atoms with Crippen molar-refractivity contribution in [2.45, 2.75) is 0 Å². The number of fused-ring (bicyclic) bond motifs is 1. The van der Waals surface area contributed by atoms with E-state index in [0.717, 1.165) is 5.39 Å². The average molecular weight is 308 g/mol. The first-order valence-electron chi connectivity index (χ1n) is 6.79. The van der Waals surface area contributed by atoms with Crippen molar-refractivity contribution in [3.63, 3.8) is 0 Å². The van der Waals surface area contributed by atoms with Gasteiger partial charge in [0.2, 0.25) is 0 Å². The van der Waals surface area contributed by atoms with E-state index >= 15 is 0 Å². The van der Waals surface area contributed by atoms with Crippen LogP contribution in [-0.2, 0) is 0 Å². The maximum absolute atomic E-state index is 12.0. The van der Waals surface area contributed by atoms with Crippen LogP contribution in [-0.4, -0.2) is 16.8 Å². The number of carbonyl (C=O) groups is 2. The minimum atomic E-state index is -0.529. The van der Waals surface area contributed by atoms with Crippen LogP contribution in [0.4, 0.5) is 0 Å². The van der Waals surface area contributed by atoms with E-state index < -0.39 is 11.8 Å². The van der Waals surface area contributed by atoms with Crippen molar-refractivity contribution in [2.24, 2.45) is 0 Å². The second kappa shape index (κ2) is 6.10. The quantitative estimate of drug-likeness (QED) is 0.418. The van der Waals surface area contributed by atoms with Gasteiger partial charge in [-0.3, -0.25) is 20.4 Å². The Morgan fingerprint density at radius 1 is 0.913 bits per heavy atom. The van der Waals surface area contributed by atoms with E-state index in [1.54, 1.807) is 18.2 Å². The molecule has 0 saturated carbocycles. The zero-order valence-corrected chi connectivity index (χ0v) is 11.9. The van der Waals surface area contributed by atoms with Gasteiger partial charge >= 0.3 is 0 Å². The van der Waals surface area contributed by atoms with Gasteiger partial charge in [0.1, 0.15) is 5.69 Å². The third-order valence-electron chi connectivity index (χ3n) is 3.18. The highest BCUT2D eigenvalue weighted by atomic mass is 16.5. The molecule has 7 nitrogen and oxygen atoms in total. The van der Waals surface area contributed by atoms with Crippen LogP contribution in [0.15, 0.2) is 60.9 Å². The normalized spacial score (nSPS) is 10.3. The minimum absolute atomic E-state index is 0.189. The van der Waals surface area contributed by atoms with Crippen molar-refractivity contribution in [1.29, 1.82) is 0 Å². The van der Waals surface area contributed by atoms with Gasteiger partial charge in [-0.05, 0) is 12.1 Å². The topological polar surface area (TPSA) is 98.0 Å². The van der Waals surface area contributed by atoms with Gasteiger partial charge in [-0.1, -0.05) is 24.3 Å². The summed E-state index contributed by atoms with van der Waals surface area (Å²) in [5.74, 6) is -1.06. The number of hydrazine groups is 1. The van der Waals surface area contributed by atoms with Gasteiger partial charge in [0.05, 0.1) is 11.1 Å². The maximum Gasteiger partial charge on any atom is 0.288 e. The number of benzene rings is 1. The van der Waals surface area contributed by atoms with Crippen LogP contribution < -0.4 is 15.6 Å². The zero-order valence-electron chi connectivity index (χ0n) is 11.9. The number of hydrogen-bond acceptors (Lipinski definition) is 4. The van der Waals surface area contributed by atoms with Crippen molar-refractivity contribution < 1.29 is 14.3 Å². The Balaban J connectivity index is 1.68. The molecule has 3 aromatic rings. The number of rotatable bonds is 2. The Kier molecular flexibility index (Phi) is 3.84. The molecule has 0 aliphatic rings. The number of hydrogen-bond donors (Lipinski definition) is 2. The van der Waals surface area contributed by atoms with Crippen LogP contribution in [0.25, 0.3) is 10.9 Å². The molecule has 23 heavy (non-hydrogen) atoms. The van der Waals surface area contributed by atoms with E-state index in [1.807, 2.05) is 18.2 Å². The highest BCUT2D eigenvalue weighted by molar-refractivity contribution is 5.99. The maximum atomic E-state index is 12.0. The predicted molar refractivity (Wildman–Crippen MR) is 82.1 cm³/mol. The van der Waals surface area contributed by atoms with Gasteiger partial charge < -0.3 is 5.21 Å². The summed E-state index contributed by atoms with van der Waals surface area (Å²) in [6.07, 6.45) is 2.39. The van der Waals surface area contributed by atoms with Crippen molar-refractivity contribution in [3.8, 4) is 0 Å². The lowest BCUT2D eigenvalue weighted by Crippen LogP contribution is -2.42. The van der Waals surface area contributed by atoms with E-state index in [-0.39, 0.29) is 11.3 Å². The van der Waals surface area contributed by atoms with E-state index in [4.69, 9.17) is 0 Å². The Morgan fingerprint density at radius 2 is 1.61 bits per heavy atom. The van der Waals surface area contributed by atoms with Crippen molar-refractivity contribution in [1.82, 2.24) is 15.8 Å². The highest BCUT2D eigenvalue weighted by Gasteiger charge is 2.11. The van der Waals surface area contributed by atoms with Gasteiger partial charge in [-0.2, -0.15) is 4.73 Å². The lowest BCUT2D eigenvalue weighted by molar-refractivity contribution is -0.605. The highest BCUT2D eigenvalue weighted by Crippen LogP contribution is 2.11. The molecule has 2 heterocycles. The molecular formula is C16H12N4O3. The van der Waals surface area contributed by atoms with Crippen LogP contribution in [0, 0.1) is 5.21 Å². The van der Waals surface area contributed by atoms with E-state index in [0.29, 0.717) is 10.2 Å².